The lowest BCUT2D eigenvalue weighted by Gasteiger charge is -2.19. The average Bonchev–Trinajstić information content (AvgIpc) is 2.79. The normalized spacial score (nSPS) is 13.4. The van der Waals surface area contributed by atoms with Crippen LogP contribution in [0.2, 0.25) is 12.0 Å². The summed E-state index contributed by atoms with van der Waals surface area (Å²) in [5.41, 5.74) is 10.4. The molecule has 0 saturated heterocycles. The standard InChI is InChI=1S/C15H16BClN5O/c1-7-5-19-10(8(2)12(7)16-3)6-22-11(23)4-9-13(17)20-15(18)21-14(9)22/h5H,4,6H2,1-3H3,(H2,18,20,21). The third-order valence-electron chi connectivity index (χ3n) is 4.11. The smallest absolute Gasteiger partial charge is 0.233 e. The Hall–Kier alpha value is -2.15. The molecular formula is C15H16BClN5O. The number of nitrogens with two attached hydrogens (primary N) is 1. The van der Waals surface area contributed by atoms with Crippen molar-refractivity contribution in [3.05, 3.63) is 33.7 Å². The third kappa shape index (κ3) is 2.65. The molecule has 0 atom stereocenters. The fraction of sp³-hybridized carbons (Fsp3) is 0.333. The molecule has 2 N–H and O–H groups in total. The fourth-order valence-corrected chi connectivity index (χ4v) is 3.15. The van der Waals surface area contributed by atoms with E-state index in [9.17, 15) is 4.79 Å². The minimum absolute atomic E-state index is 0.0598. The molecule has 0 aromatic carbocycles. The van der Waals surface area contributed by atoms with E-state index in [-0.39, 0.29) is 23.4 Å². The van der Waals surface area contributed by atoms with E-state index in [1.165, 1.54) is 0 Å². The summed E-state index contributed by atoms with van der Waals surface area (Å²) >= 11 is 6.08. The van der Waals surface area contributed by atoms with Crippen LogP contribution >= 0.6 is 11.6 Å². The highest BCUT2D eigenvalue weighted by Crippen LogP contribution is 2.33. The van der Waals surface area contributed by atoms with Crippen LogP contribution in [0.3, 0.4) is 0 Å². The van der Waals surface area contributed by atoms with E-state index in [1.807, 2.05) is 34.1 Å². The number of anilines is 2. The number of rotatable bonds is 3. The van der Waals surface area contributed by atoms with Crippen LogP contribution in [0.5, 0.6) is 0 Å². The number of carbonyl (C=O) groups is 1. The summed E-state index contributed by atoms with van der Waals surface area (Å²) in [4.78, 5) is 26.5. The van der Waals surface area contributed by atoms with Gasteiger partial charge in [0.05, 0.1) is 18.7 Å². The number of fused-ring (bicyclic) bond motifs is 1. The number of aromatic nitrogens is 3. The number of amides is 1. The lowest BCUT2D eigenvalue weighted by Crippen LogP contribution is -2.30. The summed E-state index contributed by atoms with van der Waals surface area (Å²) < 4.78 is 0. The Morgan fingerprint density at radius 3 is 2.83 bits per heavy atom. The molecule has 0 spiro atoms. The maximum atomic E-state index is 12.4. The van der Waals surface area contributed by atoms with Crippen molar-refractivity contribution in [2.45, 2.75) is 33.6 Å². The van der Waals surface area contributed by atoms with Crippen LogP contribution in [0.4, 0.5) is 11.8 Å². The molecule has 8 heteroatoms. The average molecular weight is 329 g/mol. The first-order valence-corrected chi connectivity index (χ1v) is 7.66. The third-order valence-corrected chi connectivity index (χ3v) is 4.42. The second-order valence-corrected chi connectivity index (χ2v) is 5.90. The number of pyridine rings is 1. The molecule has 117 valence electrons. The van der Waals surface area contributed by atoms with E-state index in [2.05, 4.69) is 15.0 Å². The fourth-order valence-electron chi connectivity index (χ4n) is 2.91. The number of aryl methyl sites for hydroxylation is 1. The van der Waals surface area contributed by atoms with Gasteiger partial charge in [-0.1, -0.05) is 23.9 Å². The molecule has 1 radical (unpaired) electrons. The van der Waals surface area contributed by atoms with Gasteiger partial charge >= 0.3 is 0 Å². The van der Waals surface area contributed by atoms with Crippen LogP contribution in [-0.2, 0) is 17.8 Å². The lowest BCUT2D eigenvalue weighted by atomic mass is 9.69. The molecule has 1 aliphatic rings. The Morgan fingerprint density at radius 2 is 2.13 bits per heavy atom. The van der Waals surface area contributed by atoms with Gasteiger partial charge in [-0.3, -0.25) is 14.7 Å². The van der Waals surface area contributed by atoms with Gasteiger partial charge in [-0.2, -0.15) is 4.98 Å². The molecule has 23 heavy (non-hydrogen) atoms. The van der Waals surface area contributed by atoms with E-state index in [1.54, 1.807) is 4.90 Å². The molecule has 2 aromatic rings. The quantitative estimate of drug-likeness (QED) is 0.676. The molecule has 0 fully saturated rings. The largest absolute Gasteiger partial charge is 0.368 e. The number of carbonyl (C=O) groups excluding carboxylic acids is 1. The number of hydrogen-bond acceptors (Lipinski definition) is 5. The molecule has 3 rings (SSSR count). The summed E-state index contributed by atoms with van der Waals surface area (Å²) in [7, 11) is 2.05. The Bertz CT molecular complexity index is 811. The van der Waals surface area contributed by atoms with Gasteiger partial charge < -0.3 is 5.73 Å². The SMILES string of the molecule is C[B]c1c(C)cnc(CN2C(=O)Cc3c(Cl)nc(N)nc32)c1C. The van der Waals surface area contributed by atoms with Crippen molar-refractivity contribution >= 4 is 42.0 Å². The highest BCUT2D eigenvalue weighted by molar-refractivity contribution is 6.53. The van der Waals surface area contributed by atoms with E-state index in [0.717, 1.165) is 22.3 Å². The van der Waals surface area contributed by atoms with Crippen molar-refractivity contribution in [2.24, 2.45) is 0 Å². The zero-order valence-electron chi connectivity index (χ0n) is 13.2. The van der Waals surface area contributed by atoms with Gasteiger partial charge in [0.15, 0.2) is 0 Å². The Kier molecular flexibility index (Phi) is 3.98. The molecule has 0 saturated carbocycles. The summed E-state index contributed by atoms with van der Waals surface area (Å²) in [5.74, 6) is 0.464. The van der Waals surface area contributed by atoms with Crippen LogP contribution in [-0.4, -0.2) is 28.1 Å². The number of nitrogens with zero attached hydrogens (tertiary/aromatic N) is 4. The predicted molar refractivity (Wildman–Crippen MR) is 91.3 cm³/mol. The highest BCUT2D eigenvalue weighted by Gasteiger charge is 2.32. The van der Waals surface area contributed by atoms with Crippen LogP contribution in [0.25, 0.3) is 0 Å². The molecule has 1 amide bonds. The second-order valence-electron chi connectivity index (χ2n) is 5.55. The minimum Gasteiger partial charge on any atom is -0.368 e. The maximum absolute atomic E-state index is 12.4. The number of halogens is 1. The zero-order chi connectivity index (χ0) is 16.7. The van der Waals surface area contributed by atoms with Crippen LogP contribution in [0, 0.1) is 13.8 Å². The molecule has 0 bridgehead atoms. The van der Waals surface area contributed by atoms with Crippen molar-refractivity contribution in [3.8, 4) is 0 Å². The van der Waals surface area contributed by atoms with Crippen molar-refractivity contribution in [3.63, 3.8) is 0 Å². The van der Waals surface area contributed by atoms with Crippen LogP contribution < -0.4 is 16.1 Å². The Balaban J connectivity index is 2.01. The van der Waals surface area contributed by atoms with Crippen molar-refractivity contribution in [1.82, 2.24) is 15.0 Å². The van der Waals surface area contributed by atoms with Gasteiger partial charge in [-0.25, -0.2) is 4.98 Å². The van der Waals surface area contributed by atoms with E-state index in [4.69, 9.17) is 17.3 Å². The minimum atomic E-state index is -0.0781. The summed E-state index contributed by atoms with van der Waals surface area (Å²) in [6, 6.07) is 0. The number of hydrogen-bond donors (Lipinski definition) is 1. The molecule has 0 unspecified atom stereocenters. The molecule has 2 aromatic heterocycles. The molecule has 3 heterocycles. The van der Waals surface area contributed by atoms with Gasteiger partial charge in [0.25, 0.3) is 0 Å². The first kappa shape index (κ1) is 15.7. The summed E-state index contributed by atoms with van der Waals surface area (Å²) in [6.45, 7) is 6.35. The first-order chi connectivity index (χ1) is 10.9. The van der Waals surface area contributed by atoms with Gasteiger partial charge in [-0.15, -0.1) is 0 Å². The van der Waals surface area contributed by atoms with E-state index in [0.29, 0.717) is 17.9 Å². The summed E-state index contributed by atoms with van der Waals surface area (Å²) in [5, 5.41) is 0.236. The molecule has 1 aliphatic heterocycles. The van der Waals surface area contributed by atoms with E-state index >= 15 is 0 Å². The summed E-state index contributed by atoms with van der Waals surface area (Å²) in [6.07, 6.45) is 2.01. The Morgan fingerprint density at radius 1 is 1.39 bits per heavy atom. The predicted octanol–water partition coefficient (Wildman–Crippen LogP) is 1.19. The zero-order valence-corrected chi connectivity index (χ0v) is 14.0. The van der Waals surface area contributed by atoms with Gasteiger partial charge in [0, 0.05) is 11.8 Å². The van der Waals surface area contributed by atoms with Gasteiger partial charge in [-0.05, 0) is 25.0 Å². The van der Waals surface area contributed by atoms with Crippen molar-refractivity contribution in [2.75, 3.05) is 10.6 Å². The van der Waals surface area contributed by atoms with Crippen LogP contribution in [0.1, 0.15) is 22.4 Å². The number of nitrogen functional groups attached to an aromatic ring is 1. The first-order valence-electron chi connectivity index (χ1n) is 7.29. The molecule has 6 nitrogen and oxygen atoms in total. The van der Waals surface area contributed by atoms with Crippen molar-refractivity contribution in [1.29, 1.82) is 0 Å². The second kappa shape index (κ2) is 5.81. The van der Waals surface area contributed by atoms with Gasteiger partial charge in [0.2, 0.25) is 11.9 Å². The van der Waals surface area contributed by atoms with E-state index < -0.39 is 0 Å². The molecular weight excluding hydrogens is 312 g/mol. The monoisotopic (exact) mass is 328 g/mol. The highest BCUT2D eigenvalue weighted by atomic mass is 35.5. The topological polar surface area (TPSA) is 85.0 Å². The van der Waals surface area contributed by atoms with Crippen LogP contribution in [0.15, 0.2) is 6.20 Å². The van der Waals surface area contributed by atoms with Crippen molar-refractivity contribution < 1.29 is 4.79 Å². The maximum Gasteiger partial charge on any atom is 0.233 e. The Labute approximate surface area is 140 Å². The lowest BCUT2D eigenvalue weighted by molar-refractivity contribution is -0.117. The van der Waals surface area contributed by atoms with Gasteiger partial charge in [0.1, 0.15) is 18.3 Å². The molecule has 0 aliphatic carbocycles.